The highest BCUT2D eigenvalue weighted by Gasteiger charge is 2.21. The fraction of sp³-hybridized carbons (Fsp3) is 1.00. The zero-order valence-corrected chi connectivity index (χ0v) is 11.4. The molecule has 90 valence electrons. The highest BCUT2D eigenvalue weighted by molar-refractivity contribution is 7.98. The molecule has 1 aliphatic rings. The monoisotopic (exact) mass is 230 g/mol. The van der Waals surface area contributed by atoms with E-state index in [1.807, 2.05) is 11.8 Å². The summed E-state index contributed by atoms with van der Waals surface area (Å²) in [5.74, 6) is 1.23. The van der Waals surface area contributed by atoms with Crippen LogP contribution in [0, 0.1) is 0 Å². The van der Waals surface area contributed by atoms with Crippen LogP contribution in [0.25, 0.3) is 0 Å². The molecule has 2 atom stereocenters. The molecule has 0 bridgehead atoms. The quantitative estimate of drug-likeness (QED) is 0.688. The van der Waals surface area contributed by atoms with Gasteiger partial charge in [0.1, 0.15) is 0 Å². The highest BCUT2D eigenvalue weighted by Crippen LogP contribution is 2.18. The first-order valence-electron chi connectivity index (χ1n) is 6.09. The molecular formula is C12H26N2S. The smallest absolute Gasteiger partial charge is 0.0157 e. The number of nitrogens with one attached hydrogen (secondary N) is 1. The molecule has 1 aliphatic carbocycles. The molecule has 15 heavy (non-hydrogen) atoms. The summed E-state index contributed by atoms with van der Waals surface area (Å²) in [4.78, 5) is 2.51. The molecule has 1 rings (SSSR count). The molecule has 0 radical (unpaired) electrons. The van der Waals surface area contributed by atoms with Gasteiger partial charge < -0.3 is 10.2 Å². The summed E-state index contributed by atoms with van der Waals surface area (Å²) in [5.41, 5.74) is 0. The minimum atomic E-state index is 0.691. The van der Waals surface area contributed by atoms with Crippen LogP contribution in [0.4, 0.5) is 0 Å². The van der Waals surface area contributed by atoms with Crippen molar-refractivity contribution in [2.45, 2.75) is 51.2 Å². The van der Waals surface area contributed by atoms with Gasteiger partial charge in [-0.15, -0.1) is 0 Å². The molecule has 1 N–H and O–H groups in total. The number of hydrogen-bond donors (Lipinski definition) is 1. The molecule has 3 heteroatoms. The first-order chi connectivity index (χ1) is 7.15. The molecule has 0 aromatic carbocycles. The summed E-state index contributed by atoms with van der Waals surface area (Å²) >= 11 is 1.94. The van der Waals surface area contributed by atoms with Crippen molar-refractivity contribution in [3.63, 3.8) is 0 Å². The number of rotatable bonds is 8. The van der Waals surface area contributed by atoms with Gasteiger partial charge in [0.15, 0.2) is 0 Å². The van der Waals surface area contributed by atoms with E-state index >= 15 is 0 Å². The molecular weight excluding hydrogens is 204 g/mol. The highest BCUT2D eigenvalue weighted by atomic mass is 32.2. The van der Waals surface area contributed by atoms with Gasteiger partial charge in [0.05, 0.1) is 0 Å². The first kappa shape index (κ1) is 13.3. The minimum absolute atomic E-state index is 0.691. The van der Waals surface area contributed by atoms with E-state index in [9.17, 15) is 0 Å². The largest absolute Gasteiger partial charge is 0.314 e. The summed E-state index contributed by atoms with van der Waals surface area (Å²) in [6, 6.07) is 2.24. The van der Waals surface area contributed by atoms with E-state index in [2.05, 4.69) is 37.4 Å². The summed E-state index contributed by atoms with van der Waals surface area (Å²) in [5, 5.41) is 3.58. The van der Waals surface area contributed by atoms with Crippen LogP contribution >= 0.6 is 11.8 Å². The van der Waals surface area contributed by atoms with Gasteiger partial charge in [-0.2, -0.15) is 11.8 Å². The van der Waals surface area contributed by atoms with E-state index < -0.39 is 0 Å². The SMILES string of the molecule is CSCC(C)N(C)C(C)CCNC1CC1. The van der Waals surface area contributed by atoms with Crippen LogP contribution in [-0.4, -0.2) is 48.6 Å². The average Bonchev–Trinajstić information content (AvgIpc) is 3.00. The van der Waals surface area contributed by atoms with Gasteiger partial charge in [0, 0.05) is 23.9 Å². The molecule has 0 aliphatic heterocycles. The van der Waals surface area contributed by atoms with Crippen molar-refractivity contribution in [2.24, 2.45) is 0 Å². The van der Waals surface area contributed by atoms with E-state index in [1.54, 1.807) is 0 Å². The summed E-state index contributed by atoms with van der Waals surface area (Å²) in [7, 11) is 2.25. The zero-order valence-electron chi connectivity index (χ0n) is 10.6. The minimum Gasteiger partial charge on any atom is -0.314 e. The van der Waals surface area contributed by atoms with Crippen molar-refractivity contribution in [1.82, 2.24) is 10.2 Å². The Bertz CT molecular complexity index is 171. The molecule has 1 fully saturated rings. The van der Waals surface area contributed by atoms with Crippen LogP contribution in [0.3, 0.4) is 0 Å². The fourth-order valence-corrected chi connectivity index (χ4v) is 2.50. The van der Waals surface area contributed by atoms with E-state index in [0.717, 1.165) is 6.04 Å². The van der Waals surface area contributed by atoms with Gasteiger partial charge in [-0.3, -0.25) is 0 Å². The van der Waals surface area contributed by atoms with Gasteiger partial charge >= 0.3 is 0 Å². The lowest BCUT2D eigenvalue weighted by Gasteiger charge is -2.30. The van der Waals surface area contributed by atoms with Crippen molar-refractivity contribution in [2.75, 3.05) is 25.6 Å². The van der Waals surface area contributed by atoms with Gasteiger partial charge in [0.25, 0.3) is 0 Å². The summed E-state index contributed by atoms with van der Waals surface area (Å²) < 4.78 is 0. The third-order valence-electron chi connectivity index (χ3n) is 3.37. The number of nitrogens with zero attached hydrogens (tertiary/aromatic N) is 1. The topological polar surface area (TPSA) is 15.3 Å². The lowest BCUT2D eigenvalue weighted by Crippen LogP contribution is -2.39. The van der Waals surface area contributed by atoms with Crippen LogP contribution in [0.2, 0.25) is 0 Å². The zero-order chi connectivity index (χ0) is 11.3. The van der Waals surface area contributed by atoms with Crippen LogP contribution in [0.5, 0.6) is 0 Å². The Balaban J connectivity index is 2.09. The lowest BCUT2D eigenvalue weighted by molar-refractivity contribution is 0.201. The molecule has 0 amide bonds. The van der Waals surface area contributed by atoms with Crippen LogP contribution in [0.15, 0.2) is 0 Å². The van der Waals surface area contributed by atoms with Gasteiger partial charge in [-0.05, 0) is 53.0 Å². The fourth-order valence-electron chi connectivity index (χ4n) is 1.78. The Labute approximate surface area is 99.2 Å². The molecule has 0 spiro atoms. The third kappa shape index (κ3) is 5.23. The van der Waals surface area contributed by atoms with Crippen LogP contribution < -0.4 is 5.32 Å². The van der Waals surface area contributed by atoms with Crippen molar-refractivity contribution in [3.05, 3.63) is 0 Å². The van der Waals surface area contributed by atoms with Crippen LogP contribution in [-0.2, 0) is 0 Å². The molecule has 0 saturated heterocycles. The maximum atomic E-state index is 3.58. The second-order valence-corrected chi connectivity index (χ2v) is 5.75. The van der Waals surface area contributed by atoms with Crippen LogP contribution in [0.1, 0.15) is 33.1 Å². The second-order valence-electron chi connectivity index (χ2n) is 4.84. The van der Waals surface area contributed by atoms with Gasteiger partial charge in [-0.1, -0.05) is 0 Å². The molecule has 0 heterocycles. The second kappa shape index (κ2) is 6.77. The Morgan fingerprint density at radius 3 is 2.53 bits per heavy atom. The maximum Gasteiger partial charge on any atom is 0.0157 e. The lowest BCUT2D eigenvalue weighted by atomic mass is 10.2. The van der Waals surface area contributed by atoms with Gasteiger partial charge in [-0.25, -0.2) is 0 Å². The summed E-state index contributed by atoms with van der Waals surface area (Å²) in [6.07, 6.45) is 6.25. The normalized spacial score (nSPS) is 20.6. The average molecular weight is 230 g/mol. The van der Waals surface area contributed by atoms with Gasteiger partial charge in [0.2, 0.25) is 0 Å². The van der Waals surface area contributed by atoms with E-state index in [1.165, 1.54) is 31.6 Å². The molecule has 0 aromatic heterocycles. The predicted molar refractivity (Wildman–Crippen MR) is 70.7 cm³/mol. The maximum absolute atomic E-state index is 3.58. The Morgan fingerprint density at radius 2 is 2.00 bits per heavy atom. The standard InChI is InChI=1S/C12H26N2S/c1-10(7-8-13-12-5-6-12)14(3)11(2)9-15-4/h10-13H,5-9H2,1-4H3. The number of thioether (sulfide) groups is 1. The first-order valence-corrected chi connectivity index (χ1v) is 7.48. The summed E-state index contributed by atoms with van der Waals surface area (Å²) in [6.45, 7) is 5.84. The van der Waals surface area contributed by atoms with Crippen molar-refractivity contribution in [1.29, 1.82) is 0 Å². The third-order valence-corrected chi connectivity index (χ3v) is 4.19. The van der Waals surface area contributed by atoms with E-state index in [4.69, 9.17) is 0 Å². The molecule has 2 nitrogen and oxygen atoms in total. The molecule has 1 saturated carbocycles. The Morgan fingerprint density at radius 1 is 1.33 bits per heavy atom. The Kier molecular flexibility index (Phi) is 6.02. The predicted octanol–water partition coefficient (Wildman–Crippen LogP) is 2.20. The van der Waals surface area contributed by atoms with Crippen molar-refractivity contribution < 1.29 is 0 Å². The van der Waals surface area contributed by atoms with E-state index in [0.29, 0.717) is 12.1 Å². The van der Waals surface area contributed by atoms with Crippen molar-refractivity contribution >= 4 is 11.8 Å². The van der Waals surface area contributed by atoms with E-state index in [-0.39, 0.29) is 0 Å². The Hall–Kier alpha value is 0.270. The number of hydrogen-bond acceptors (Lipinski definition) is 3. The van der Waals surface area contributed by atoms with Crippen molar-refractivity contribution in [3.8, 4) is 0 Å². The molecule has 2 unspecified atom stereocenters. The molecule has 0 aromatic rings.